The number of hydrogen-bond acceptors (Lipinski definition) is 3. The van der Waals surface area contributed by atoms with Gasteiger partial charge >= 0.3 is 6.03 Å². The standard InChI is InChI=1S/C18H23N3O2S/c1-4-16(17-9-6-10-24-17)21-18(23)19-12(2)14-7-5-8-15(11-14)20-13(3)22/h5-12,16H,4H2,1-3H3,(H,20,22)(H2,19,21,23)/t12-,16+/m1/s1. The lowest BCUT2D eigenvalue weighted by Crippen LogP contribution is -2.38. The third-order valence-corrected chi connectivity index (χ3v) is 4.64. The molecule has 0 aliphatic heterocycles. The molecular weight excluding hydrogens is 322 g/mol. The van der Waals surface area contributed by atoms with Crippen molar-refractivity contribution in [1.29, 1.82) is 0 Å². The lowest BCUT2D eigenvalue weighted by Gasteiger charge is -2.20. The Balaban J connectivity index is 1.97. The van der Waals surface area contributed by atoms with Crippen molar-refractivity contribution in [3.63, 3.8) is 0 Å². The summed E-state index contributed by atoms with van der Waals surface area (Å²) in [5, 5.41) is 10.7. The molecule has 0 saturated heterocycles. The molecule has 3 N–H and O–H groups in total. The highest BCUT2D eigenvalue weighted by atomic mass is 32.1. The molecule has 128 valence electrons. The van der Waals surface area contributed by atoms with E-state index in [-0.39, 0.29) is 24.0 Å². The molecule has 1 heterocycles. The van der Waals surface area contributed by atoms with E-state index in [9.17, 15) is 9.59 Å². The summed E-state index contributed by atoms with van der Waals surface area (Å²) in [7, 11) is 0. The van der Waals surface area contributed by atoms with Gasteiger partial charge in [0, 0.05) is 17.5 Å². The van der Waals surface area contributed by atoms with E-state index in [1.54, 1.807) is 11.3 Å². The van der Waals surface area contributed by atoms with E-state index in [0.717, 1.165) is 22.5 Å². The molecule has 6 heteroatoms. The number of thiophene rings is 1. The van der Waals surface area contributed by atoms with Crippen LogP contribution >= 0.6 is 11.3 Å². The molecule has 0 radical (unpaired) electrons. The molecule has 0 saturated carbocycles. The molecular formula is C18H23N3O2S. The van der Waals surface area contributed by atoms with Gasteiger partial charge in [-0.25, -0.2) is 4.79 Å². The van der Waals surface area contributed by atoms with Crippen molar-refractivity contribution < 1.29 is 9.59 Å². The number of urea groups is 1. The second kappa shape index (κ2) is 8.49. The van der Waals surface area contributed by atoms with E-state index >= 15 is 0 Å². The van der Waals surface area contributed by atoms with E-state index < -0.39 is 0 Å². The van der Waals surface area contributed by atoms with Crippen LogP contribution in [0.4, 0.5) is 10.5 Å². The summed E-state index contributed by atoms with van der Waals surface area (Å²) in [6.45, 7) is 5.43. The number of carbonyl (C=O) groups excluding carboxylic acids is 2. The Hall–Kier alpha value is -2.34. The van der Waals surface area contributed by atoms with Crippen LogP contribution in [0.25, 0.3) is 0 Å². The molecule has 2 aromatic rings. The van der Waals surface area contributed by atoms with E-state index in [1.165, 1.54) is 6.92 Å². The number of carbonyl (C=O) groups is 2. The number of benzene rings is 1. The normalized spacial score (nSPS) is 13.0. The molecule has 0 fully saturated rings. The van der Waals surface area contributed by atoms with Gasteiger partial charge < -0.3 is 16.0 Å². The average Bonchev–Trinajstić information content (AvgIpc) is 3.06. The monoisotopic (exact) mass is 345 g/mol. The van der Waals surface area contributed by atoms with E-state index in [0.29, 0.717) is 0 Å². The molecule has 1 aromatic heterocycles. The predicted molar refractivity (Wildman–Crippen MR) is 98.2 cm³/mol. The zero-order chi connectivity index (χ0) is 17.5. The molecule has 0 bridgehead atoms. The Kier molecular flexibility index (Phi) is 6.37. The Labute approximate surface area is 146 Å². The van der Waals surface area contributed by atoms with E-state index in [2.05, 4.69) is 16.0 Å². The van der Waals surface area contributed by atoms with Crippen molar-refractivity contribution >= 4 is 29.0 Å². The minimum atomic E-state index is -0.201. The van der Waals surface area contributed by atoms with Gasteiger partial charge in [-0.2, -0.15) is 0 Å². The van der Waals surface area contributed by atoms with Crippen LogP contribution in [0, 0.1) is 0 Å². The molecule has 0 aliphatic carbocycles. The Morgan fingerprint density at radius 1 is 1.17 bits per heavy atom. The quantitative estimate of drug-likeness (QED) is 0.733. The first kappa shape index (κ1) is 18.0. The fourth-order valence-electron chi connectivity index (χ4n) is 2.43. The Morgan fingerprint density at radius 3 is 2.58 bits per heavy atom. The van der Waals surface area contributed by atoms with Gasteiger partial charge in [0.2, 0.25) is 5.91 Å². The first-order valence-electron chi connectivity index (χ1n) is 7.97. The molecule has 2 atom stereocenters. The van der Waals surface area contributed by atoms with Gasteiger partial charge in [0.15, 0.2) is 0 Å². The van der Waals surface area contributed by atoms with Crippen LogP contribution in [0.15, 0.2) is 41.8 Å². The van der Waals surface area contributed by atoms with E-state index in [4.69, 9.17) is 0 Å². The van der Waals surface area contributed by atoms with Gasteiger partial charge in [0.05, 0.1) is 12.1 Å². The number of nitrogens with one attached hydrogen (secondary N) is 3. The van der Waals surface area contributed by atoms with Crippen LogP contribution in [0.5, 0.6) is 0 Å². The van der Waals surface area contributed by atoms with Gasteiger partial charge in [-0.05, 0) is 42.5 Å². The van der Waals surface area contributed by atoms with Crippen molar-refractivity contribution in [3.05, 3.63) is 52.2 Å². The maximum absolute atomic E-state index is 12.3. The molecule has 24 heavy (non-hydrogen) atoms. The number of anilines is 1. The third kappa shape index (κ3) is 5.09. The fourth-order valence-corrected chi connectivity index (χ4v) is 3.29. The predicted octanol–water partition coefficient (Wildman–Crippen LogP) is 4.22. The van der Waals surface area contributed by atoms with Crippen LogP contribution in [0.2, 0.25) is 0 Å². The Morgan fingerprint density at radius 2 is 1.96 bits per heavy atom. The molecule has 0 spiro atoms. The van der Waals surface area contributed by atoms with Crippen molar-refractivity contribution in [2.24, 2.45) is 0 Å². The fraction of sp³-hybridized carbons (Fsp3) is 0.333. The van der Waals surface area contributed by atoms with Crippen LogP contribution in [-0.4, -0.2) is 11.9 Å². The van der Waals surface area contributed by atoms with Gasteiger partial charge in [-0.3, -0.25) is 4.79 Å². The van der Waals surface area contributed by atoms with Gasteiger partial charge in [-0.15, -0.1) is 11.3 Å². The highest BCUT2D eigenvalue weighted by molar-refractivity contribution is 7.10. The summed E-state index contributed by atoms with van der Waals surface area (Å²) in [4.78, 5) is 24.6. The minimum Gasteiger partial charge on any atom is -0.332 e. The summed E-state index contributed by atoms with van der Waals surface area (Å²) in [5.41, 5.74) is 1.65. The second-order valence-corrected chi connectivity index (χ2v) is 6.60. The second-order valence-electron chi connectivity index (χ2n) is 5.62. The Bertz CT molecular complexity index is 685. The maximum Gasteiger partial charge on any atom is 0.315 e. The summed E-state index contributed by atoms with van der Waals surface area (Å²) >= 11 is 1.64. The van der Waals surface area contributed by atoms with Crippen LogP contribution in [-0.2, 0) is 4.79 Å². The lowest BCUT2D eigenvalue weighted by atomic mass is 10.1. The summed E-state index contributed by atoms with van der Waals surface area (Å²) < 4.78 is 0. The maximum atomic E-state index is 12.3. The number of hydrogen-bond donors (Lipinski definition) is 3. The SMILES string of the molecule is CC[C@H](NC(=O)N[C@H](C)c1cccc(NC(C)=O)c1)c1cccs1. The zero-order valence-electron chi connectivity index (χ0n) is 14.1. The average molecular weight is 345 g/mol. The summed E-state index contributed by atoms with van der Waals surface area (Å²) in [6.07, 6.45) is 0.834. The lowest BCUT2D eigenvalue weighted by molar-refractivity contribution is -0.114. The van der Waals surface area contributed by atoms with Crippen molar-refractivity contribution in [2.45, 2.75) is 39.3 Å². The molecule has 0 unspecified atom stereocenters. The van der Waals surface area contributed by atoms with Crippen molar-refractivity contribution in [3.8, 4) is 0 Å². The molecule has 3 amide bonds. The van der Waals surface area contributed by atoms with Gasteiger partial charge in [-0.1, -0.05) is 25.1 Å². The van der Waals surface area contributed by atoms with Crippen LogP contribution in [0.1, 0.15) is 49.7 Å². The van der Waals surface area contributed by atoms with Crippen LogP contribution in [0.3, 0.4) is 0 Å². The zero-order valence-corrected chi connectivity index (χ0v) is 14.9. The minimum absolute atomic E-state index is 0.0166. The van der Waals surface area contributed by atoms with Crippen molar-refractivity contribution in [1.82, 2.24) is 10.6 Å². The van der Waals surface area contributed by atoms with Crippen LogP contribution < -0.4 is 16.0 Å². The first-order chi connectivity index (χ1) is 11.5. The number of rotatable bonds is 6. The highest BCUT2D eigenvalue weighted by Gasteiger charge is 2.15. The molecule has 5 nitrogen and oxygen atoms in total. The largest absolute Gasteiger partial charge is 0.332 e. The number of amides is 3. The summed E-state index contributed by atoms with van der Waals surface area (Å²) in [6, 6.07) is 11.1. The summed E-state index contributed by atoms with van der Waals surface area (Å²) in [5.74, 6) is -0.118. The highest BCUT2D eigenvalue weighted by Crippen LogP contribution is 2.22. The third-order valence-electron chi connectivity index (χ3n) is 3.65. The molecule has 0 aliphatic rings. The topological polar surface area (TPSA) is 70.2 Å². The van der Waals surface area contributed by atoms with Crippen molar-refractivity contribution in [2.75, 3.05) is 5.32 Å². The first-order valence-corrected chi connectivity index (χ1v) is 8.85. The van der Waals surface area contributed by atoms with Gasteiger partial charge in [0.1, 0.15) is 0 Å². The molecule has 2 rings (SSSR count). The molecule has 1 aromatic carbocycles. The smallest absolute Gasteiger partial charge is 0.315 e. The van der Waals surface area contributed by atoms with E-state index in [1.807, 2.05) is 55.6 Å². The van der Waals surface area contributed by atoms with Gasteiger partial charge in [0.25, 0.3) is 0 Å².